The Bertz CT molecular complexity index is 873. The molecule has 0 fully saturated rings. The quantitative estimate of drug-likeness (QED) is 0.642. The van der Waals surface area contributed by atoms with Crippen molar-refractivity contribution in [1.82, 2.24) is 10.3 Å². The van der Waals surface area contributed by atoms with Crippen LogP contribution in [0.4, 0.5) is 0 Å². The number of carbonyl (C=O) groups is 1. The van der Waals surface area contributed by atoms with E-state index in [9.17, 15) is 4.79 Å². The maximum absolute atomic E-state index is 12.1. The van der Waals surface area contributed by atoms with Gasteiger partial charge in [-0.05, 0) is 36.8 Å². The number of carbonyl (C=O) groups excluding carboxylic acids is 1. The molecule has 140 valence electrons. The van der Waals surface area contributed by atoms with Crippen molar-refractivity contribution in [3.63, 3.8) is 0 Å². The molecule has 0 aliphatic heterocycles. The topological polar surface area (TPSA) is 60.5 Å². The number of hydrogen-bond acceptors (Lipinski definition) is 5. The van der Waals surface area contributed by atoms with Crippen molar-refractivity contribution in [2.24, 2.45) is 0 Å². The van der Waals surface area contributed by atoms with Gasteiger partial charge >= 0.3 is 0 Å². The number of thiazole rings is 1. The van der Waals surface area contributed by atoms with E-state index in [1.165, 1.54) is 16.9 Å². The van der Waals surface area contributed by atoms with Crippen molar-refractivity contribution in [2.45, 2.75) is 26.5 Å². The SMILES string of the molecule is COc1ccc(CNC(=O)Cc2csc(COc3ccc(C)cc3)n2)cc1. The third-order valence-corrected chi connectivity index (χ3v) is 4.84. The zero-order valence-electron chi connectivity index (χ0n) is 15.4. The number of nitrogens with one attached hydrogen (secondary N) is 1. The van der Waals surface area contributed by atoms with Crippen LogP contribution in [0, 0.1) is 6.92 Å². The normalized spacial score (nSPS) is 10.4. The van der Waals surface area contributed by atoms with E-state index in [4.69, 9.17) is 9.47 Å². The molecule has 3 rings (SSSR count). The molecule has 3 aromatic rings. The Hall–Kier alpha value is -2.86. The maximum Gasteiger partial charge on any atom is 0.226 e. The summed E-state index contributed by atoms with van der Waals surface area (Å²) in [6, 6.07) is 15.5. The summed E-state index contributed by atoms with van der Waals surface area (Å²) in [5, 5.41) is 5.67. The summed E-state index contributed by atoms with van der Waals surface area (Å²) < 4.78 is 10.9. The standard InChI is InChI=1S/C21H22N2O3S/c1-15-3-7-19(8-4-15)26-13-21-23-17(14-27-21)11-20(24)22-12-16-5-9-18(25-2)10-6-16/h3-10,14H,11-13H2,1-2H3,(H,22,24). The molecule has 1 aromatic heterocycles. The Labute approximate surface area is 163 Å². The van der Waals surface area contributed by atoms with Crippen LogP contribution < -0.4 is 14.8 Å². The minimum Gasteiger partial charge on any atom is -0.497 e. The first kappa shape index (κ1) is 18.9. The van der Waals surface area contributed by atoms with Crippen molar-refractivity contribution in [3.8, 4) is 11.5 Å². The smallest absolute Gasteiger partial charge is 0.226 e. The van der Waals surface area contributed by atoms with Gasteiger partial charge in [0.05, 0.1) is 19.2 Å². The molecule has 0 saturated carbocycles. The van der Waals surface area contributed by atoms with Gasteiger partial charge in [-0.25, -0.2) is 4.98 Å². The molecular weight excluding hydrogens is 360 g/mol. The van der Waals surface area contributed by atoms with E-state index in [2.05, 4.69) is 10.3 Å². The van der Waals surface area contributed by atoms with Crippen molar-refractivity contribution >= 4 is 17.2 Å². The fraction of sp³-hybridized carbons (Fsp3) is 0.238. The van der Waals surface area contributed by atoms with Crippen LogP contribution >= 0.6 is 11.3 Å². The molecule has 0 bridgehead atoms. The number of amides is 1. The van der Waals surface area contributed by atoms with Gasteiger partial charge in [-0.2, -0.15) is 0 Å². The van der Waals surface area contributed by atoms with E-state index < -0.39 is 0 Å². The van der Waals surface area contributed by atoms with Gasteiger partial charge in [0, 0.05) is 11.9 Å². The molecule has 0 saturated heterocycles. The predicted molar refractivity (Wildman–Crippen MR) is 106 cm³/mol. The van der Waals surface area contributed by atoms with E-state index in [-0.39, 0.29) is 12.3 Å². The summed E-state index contributed by atoms with van der Waals surface area (Å²) in [7, 11) is 1.63. The summed E-state index contributed by atoms with van der Waals surface area (Å²) in [5.41, 5.74) is 2.98. The van der Waals surface area contributed by atoms with Crippen molar-refractivity contribution in [3.05, 3.63) is 75.7 Å². The Morgan fingerprint density at radius 1 is 1.07 bits per heavy atom. The Morgan fingerprint density at radius 3 is 2.48 bits per heavy atom. The number of nitrogens with zero attached hydrogens (tertiary/aromatic N) is 1. The van der Waals surface area contributed by atoms with Gasteiger partial charge in [0.25, 0.3) is 0 Å². The second kappa shape index (κ2) is 9.19. The molecule has 27 heavy (non-hydrogen) atoms. The van der Waals surface area contributed by atoms with Crippen LogP contribution in [0.2, 0.25) is 0 Å². The molecule has 0 unspecified atom stereocenters. The van der Waals surface area contributed by atoms with Crippen LogP contribution in [-0.2, 0) is 24.4 Å². The molecule has 6 heteroatoms. The van der Waals surface area contributed by atoms with Crippen molar-refractivity contribution in [2.75, 3.05) is 7.11 Å². The first-order valence-electron chi connectivity index (χ1n) is 8.65. The number of aryl methyl sites for hydroxylation is 1. The van der Waals surface area contributed by atoms with Crippen LogP contribution in [-0.4, -0.2) is 18.0 Å². The molecule has 0 aliphatic rings. The first-order chi connectivity index (χ1) is 13.1. The van der Waals surface area contributed by atoms with Gasteiger partial charge in [-0.1, -0.05) is 29.8 Å². The molecule has 1 N–H and O–H groups in total. The molecule has 5 nitrogen and oxygen atoms in total. The number of methoxy groups -OCH3 is 1. The average Bonchev–Trinajstić information content (AvgIpc) is 3.13. The second-order valence-electron chi connectivity index (χ2n) is 6.14. The van der Waals surface area contributed by atoms with Gasteiger partial charge in [0.15, 0.2) is 0 Å². The molecular formula is C21H22N2O3S. The summed E-state index contributed by atoms with van der Waals surface area (Å²) in [6.45, 7) is 2.92. The highest BCUT2D eigenvalue weighted by atomic mass is 32.1. The number of hydrogen-bond donors (Lipinski definition) is 1. The maximum atomic E-state index is 12.1. The van der Waals surface area contributed by atoms with Crippen LogP contribution in [0.5, 0.6) is 11.5 Å². The van der Waals surface area contributed by atoms with Gasteiger partial charge in [0.1, 0.15) is 23.1 Å². The zero-order valence-corrected chi connectivity index (χ0v) is 16.2. The van der Waals surface area contributed by atoms with Gasteiger partial charge in [-0.15, -0.1) is 11.3 Å². The van der Waals surface area contributed by atoms with Gasteiger partial charge in [-0.3, -0.25) is 4.79 Å². The van der Waals surface area contributed by atoms with Crippen LogP contribution in [0.15, 0.2) is 53.9 Å². The van der Waals surface area contributed by atoms with Gasteiger partial charge < -0.3 is 14.8 Å². The largest absolute Gasteiger partial charge is 0.497 e. The highest BCUT2D eigenvalue weighted by Crippen LogP contribution is 2.16. The molecule has 0 aliphatic carbocycles. The Morgan fingerprint density at radius 2 is 1.78 bits per heavy atom. The molecule has 2 aromatic carbocycles. The molecule has 1 amide bonds. The summed E-state index contributed by atoms with van der Waals surface area (Å²) in [4.78, 5) is 16.6. The summed E-state index contributed by atoms with van der Waals surface area (Å²) in [5.74, 6) is 1.56. The Balaban J connectivity index is 1.44. The van der Waals surface area contributed by atoms with E-state index in [0.717, 1.165) is 27.8 Å². The first-order valence-corrected chi connectivity index (χ1v) is 9.53. The van der Waals surface area contributed by atoms with Gasteiger partial charge in [0.2, 0.25) is 5.91 Å². The second-order valence-corrected chi connectivity index (χ2v) is 7.08. The minimum atomic E-state index is -0.0536. The fourth-order valence-electron chi connectivity index (χ4n) is 2.45. The Kier molecular flexibility index (Phi) is 6.44. The molecule has 0 atom stereocenters. The highest BCUT2D eigenvalue weighted by Gasteiger charge is 2.08. The third kappa shape index (κ3) is 5.82. The van der Waals surface area contributed by atoms with Crippen LogP contribution in [0.1, 0.15) is 21.8 Å². The molecule has 1 heterocycles. The number of benzene rings is 2. The summed E-state index contributed by atoms with van der Waals surface area (Å²) in [6.07, 6.45) is 0.261. The third-order valence-electron chi connectivity index (χ3n) is 3.97. The molecule has 0 spiro atoms. The fourth-order valence-corrected chi connectivity index (χ4v) is 3.15. The lowest BCUT2D eigenvalue weighted by Crippen LogP contribution is -2.24. The average molecular weight is 382 g/mol. The minimum absolute atomic E-state index is 0.0536. The number of rotatable bonds is 8. The lowest BCUT2D eigenvalue weighted by molar-refractivity contribution is -0.120. The van der Waals surface area contributed by atoms with Crippen LogP contribution in [0.25, 0.3) is 0 Å². The van der Waals surface area contributed by atoms with E-state index in [1.807, 2.05) is 60.8 Å². The van der Waals surface area contributed by atoms with E-state index in [0.29, 0.717) is 13.2 Å². The summed E-state index contributed by atoms with van der Waals surface area (Å²) >= 11 is 1.50. The van der Waals surface area contributed by atoms with Crippen molar-refractivity contribution < 1.29 is 14.3 Å². The number of aromatic nitrogens is 1. The number of ether oxygens (including phenoxy) is 2. The van der Waals surface area contributed by atoms with E-state index in [1.54, 1.807) is 7.11 Å². The highest BCUT2D eigenvalue weighted by molar-refractivity contribution is 7.09. The zero-order chi connectivity index (χ0) is 19.1. The lowest BCUT2D eigenvalue weighted by Gasteiger charge is -2.06. The lowest BCUT2D eigenvalue weighted by atomic mass is 10.2. The monoisotopic (exact) mass is 382 g/mol. The van der Waals surface area contributed by atoms with Crippen molar-refractivity contribution in [1.29, 1.82) is 0 Å². The van der Waals surface area contributed by atoms with Crippen LogP contribution in [0.3, 0.4) is 0 Å². The molecule has 0 radical (unpaired) electrons. The predicted octanol–water partition coefficient (Wildman–Crippen LogP) is 3.90. The van der Waals surface area contributed by atoms with E-state index >= 15 is 0 Å².